The summed E-state index contributed by atoms with van der Waals surface area (Å²) in [5, 5.41) is 14.2. The Morgan fingerprint density at radius 3 is 2.18 bits per heavy atom. The van der Waals surface area contributed by atoms with Gasteiger partial charge < -0.3 is 5.32 Å². The highest BCUT2D eigenvalue weighted by atomic mass is 35.5. The maximum Gasteiger partial charge on any atom is 0.269 e. The van der Waals surface area contributed by atoms with Gasteiger partial charge >= 0.3 is 0 Å². The summed E-state index contributed by atoms with van der Waals surface area (Å²) in [4.78, 5) is 22.4. The van der Waals surface area contributed by atoms with Crippen LogP contribution in [0.3, 0.4) is 0 Å². The number of nitrogens with one attached hydrogen (secondary N) is 1. The minimum Gasteiger partial charge on any atom is -0.325 e. The van der Waals surface area contributed by atoms with Crippen molar-refractivity contribution < 1.29 is 9.72 Å². The molecule has 114 valence electrons. The number of non-ortho nitro benzene ring substituents is 1. The maximum absolute atomic E-state index is 12.2. The number of carbonyl (C=O) groups is 1. The molecular formula is C15H12Cl2N2O3. The summed E-state index contributed by atoms with van der Waals surface area (Å²) in [5.74, 6) is -0.731. The summed E-state index contributed by atoms with van der Waals surface area (Å²) in [5.41, 5.74) is 1.16. The Bertz CT molecular complexity index is 697. The maximum atomic E-state index is 12.2. The second-order valence-corrected chi connectivity index (χ2v) is 5.59. The second-order valence-electron chi connectivity index (χ2n) is 4.72. The van der Waals surface area contributed by atoms with Crippen molar-refractivity contribution in [2.45, 2.75) is 12.8 Å². The third-order valence-electron chi connectivity index (χ3n) is 3.13. The van der Waals surface area contributed by atoms with Crippen LogP contribution in [0, 0.1) is 10.1 Å². The zero-order chi connectivity index (χ0) is 16.3. The van der Waals surface area contributed by atoms with E-state index in [1.165, 1.54) is 12.1 Å². The van der Waals surface area contributed by atoms with Crippen molar-refractivity contribution in [2.24, 2.45) is 0 Å². The zero-order valence-corrected chi connectivity index (χ0v) is 13.1. The van der Waals surface area contributed by atoms with Crippen molar-refractivity contribution in [3.8, 4) is 0 Å². The first-order valence-corrected chi connectivity index (χ1v) is 7.13. The average Bonchev–Trinajstić information content (AvgIpc) is 2.45. The molecular weight excluding hydrogens is 327 g/mol. The van der Waals surface area contributed by atoms with Crippen LogP contribution < -0.4 is 5.32 Å². The van der Waals surface area contributed by atoms with Gasteiger partial charge in [-0.05, 0) is 30.7 Å². The van der Waals surface area contributed by atoms with E-state index < -0.39 is 10.8 Å². The largest absolute Gasteiger partial charge is 0.325 e. The molecule has 0 fully saturated rings. The van der Waals surface area contributed by atoms with E-state index in [0.717, 1.165) is 0 Å². The highest BCUT2D eigenvalue weighted by molar-refractivity contribution is 6.35. The molecule has 5 nitrogen and oxygen atoms in total. The van der Waals surface area contributed by atoms with E-state index >= 15 is 0 Å². The third-order valence-corrected chi connectivity index (χ3v) is 3.56. The summed E-state index contributed by atoms with van der Waals surface area (Å²) < 4.78 is 0. The first kappa shape index (κ1) is 16.3. The quantitative estimate of drug-likeness (QED) is 0.651. The molecule has 0 spiro atoms. The molecule has 0 heterocycles. The Morgan fingerprint density at radius 1 is 1.14 bits per heavy atom. The number of nitrogens with zero attached hydrogens (tertiary/aromatic N) is 1. The van der Waals surface area contributed by atoms with Crippen LogP contribution in [0.25, 0.3) is 0 Å². The first-order valence-electron chi connectivity index (χ1n) is 6.38. The Kier molecular flexibility index (Phi) is 5.00. The number of anilines is 1. The van der Waals surface area contributed by atoms with Gasteiger partial charge in [0.1, 0.15) is 0 Å². The molecule has 0 aliphatic rings. The van der Waals surface area contributed by atoms with Gasteiger partial charge in [0.25, 0.3) is 5.69 Å². The topological polar surface area (TPSA) is 72.2 Å². The Balaban J connectivity index is 2.13. The predicted molar refractivity (Wildman–Crippen MR) is 86.6 cm³/mol. The van der Waals surface area contributed by atoms with E-state index in [4.69, 9.17) is 23.2 Å². The molecule has 0 bridgehead atoms. The molecule has 2 aromatic rings. The number of carbonyl (C=O) groups excluding carboxylic acids is 1. The summed E-state index contributed by atoms with van der Waals surface area (Å²) in [6, 6.07) is 10.6. The van der Waals surface area contributed by atoms with Crippen LogP contribution in [0.4, 0.5) is 11.4 Å². The molecule has 0 unspecified atom stereocenters. The smallest absolute Gasteiger partial charge is 0.269 e. The van der Waals surface area contributed by atoms with Gasteiger partial charge in [0.2, 0.25) is 5.91 Å². The van der Waals surface area contributed by atoms with Gasteiger partial charge in [-0.25, -0.2) is 0 Å². The molecule has 7 heteroatoms. The van der Waals surface area contributed by atoms with Crippen molar-refractivity contribution in [2.75, 3.05) is 5.32 Å². The normalized spacial score (nSPS) is 11.8. The van der Waals surface area contributed by atoms with Crippen molar-refractivity contribution in [1.29, 1.82) is 0 Å². The van der Waals surface area contributed by atoms with Crippen LogP contribution >= 0.6 is 23.2 Å². The first-order chi connectivity index (χ1) is 10.4. The monoisotopic (exact) mass is 338 g/mol. The zero-order valence-electron chi connectivity index (χ0n) is 11.5. The molecule has 0 aromatic heterocycles. The van der Waals surface area contributed by atoms with E-state index in [0.29, 0.717) is 21.3 Å². The number of nitro benzene ring substituents is 1. The van der Waals surface area contributed by atoms with Crippen LogP contribution in [-0.2, 0) is 4.79 Å². The third kappa shape index (κ3) is 3.96. The molecule has 1 N–H and O–H groups in total. The fourth-order valence-corrected chi connectivity index (χ4v) is 2.44. The van der Waals surface area contributed by atoms with Crippen molar-refractivity contribution in [3.63, 3.8) is 0 Å². The van der Waals surface area contributed by atoms with Gasteiger partial charge in [0, 0.05) is 27.9 Å². The fraction of sp³-hybridized carbons (Fsp3) is 0.133. The van der Waals surface area contributed by atoms with Crippen LogP contribution in [0.15, 0.2) is 42.5 Å². The van der Waals surface area contributed by atoms with Gasteiger partial charge in [0.15, 0.2) is 0 Å². The lowest BCUT2D eigenvalue weighted by Crippen LogP contribution is -2.18. The van der Waals surface area contributed by atoms with Crippen molar-refractivity contribution >= 4 is 40.5 Å². The number of hydrogen-bond donors (Lipinski definition) is 1. The lowest BCUT2D eigenvalue weighted by molar-refractivity contribution is -0.384. The lowest BCUT2D eigenvalue weighted by Gasteiger charge is -2.13. The molecule has 0 radical (unpaired) electrons. The van der Waals surface area contributed by atoms with Gasteiger partial charge in [-0.15, -0.1) is 0 Å². The van der Waals surface area contributed by atoms with E-state index in [9.17, 15) is 14.9 Å². The number of hydrogen-bond acceptors (Lipinski definition) is 3. The minimum absolute atomic E-state index is 0.0158. The van der Waals surface area contributed by atoms with E-state index in [2.05, 4.69) is 5.32 Å². The van der Waals surface area contributed by atoms with Crippen LogP contribution in [0.5, 0.6) is 0 Å². The highest BCUT2D eigenvalue weighted by Gasteiger charge is 2.17. The summed E-state index contributed by atoms with van der Waals surface area (Å²) >= 11 is 11.8. The number of nitro groups is 1. The van der Waals surface area contributed by atoms with E-state index in [-0.39, 0.29) is 11.6 Å². The van der Waals surface area contributed by atoms with Crippen molar-refractivity contribution in [1.82, 2.24) is 0 Å². The number of rotatable bonds is 4. The van der Waals surface area contributed by atoms with Crippen LogP contribution in [0.2, 0.25) is 10.0 Å². The van der Waals surface area contributed by atoms with Gasteiger partial charge in [-0.1, -0.05) is 35.3 Å². The molecule has 0 saturated carbocycles. The van der Waals surface area contributed by atoms with Gasteiger partial charge in [0.05, 0.1) is 10.8 Å². The molecule has 0 aliphatic carbocycles. The van der Waals surface area contributed by atoms with Crippen LogP contribution in [-0.4, -0.2) is 10.8 Å². The molecule has 1 amide bonds. The fourth-order valence-electron chi connectivity index (χ4n) is 1.91. The Morgan fingerprint density at radius 2 is 1.68 bits per heavy atom. The molecule has 2 rings (SSSR count). The SMILES string of the molecule is C[C@@H](C(=O)Nc1cc(Cl)cc(Cl)c1)c1ccc([N+](=O)[O-])cc1. The summed E-state index contributed by atoms with van der Waals surface area (Å²) in [6.07, 6.45) is 0. The Labute approximate surface area is 137 Å². The van der Waals surface area contributed by atoms with E-state index in [1.807, 2.05) is 0 Å². The molecule has 22 heavy (non-hydrogen) atoms. The number of benzene rings is 2. The summed E-state index contributed by atoms with van der Waals surface area (Å²) in [7, 11) is 0. The van der Waals surface area contributed by atoms with Crippen molar-refractivity contribution in [3.05, 3.63) is 68.2 Å². The number of amides is 1. The summed E-state index contributed by atoms with van der Waals surface area (Å²) in [6.45, 7) is 1.71. The molecule has 2 aromatic carbocycles. The molecule has 0 aliphatic heterocycles. The minimum atomic E-state index is -0.484. The van der Waals surface area contributed by atoms with Gasteiger partial charge in [-0.2, -0.15) is 0 Å². The molecule has 1 atom stereocenters. The molecule has 0 saturated heterocycles. The Hall–Kier alpha value is -2.11. The average molecular weight is 339 g/mol. The van der Waals surface area contributed by atoms with Crippen LogP contribution in [0.1, 0.15) is 18.4 Å². The second kappa shape index (κ2) is 6.77. The standard InChI is InChI=1S/C15H12Cl2N2O3/c1-9(10-2-4-14(5-3-10)19(21)22)15(20)18-13-7-11(16)6-12(17)8-13/h2-9H,1H3,(H,18,20)/t9-/m1/s1. The predicted octanol–water partition coefficient (Wildman–Crippen LogP) is 4.64. The highest BCUT2D eigenvalue weighted by Crippen LogP contribution is 2.25. The lowest BCUT2D eigenvalue weighted by atomic mass is 10.00. The van der Waals surface area contributed by atoms with Gasteiger partial charge in [-0.3, -0.25) is 14.9 Å². The van der Waals surface area contributed by atoms with E-state index in [1.54, 1.807) is 37.3 Å². The number of halogens is 2.